The van der Waals surface area contributed by atoms with Crippen LogP contribution >= 0.6 is 11.6 Å². The summed E-state index contributed by atoms with van der Waals surface area (Å²) in [6.07, 6.45) is 23.0. The zero-order valence-electron chi connectivity index (χ0n) is 25.6. The van der Waals surface area contributed by atoms with Crippen LogP contribution in [0.3, 0.4) is 0 Å². The highest BCUT2D eigenvalue weighted by Gasteiger charge is 2.33. The molecule has 0 amide bonds. The number of nitrogens with one attached hydrogen (secondary N) is 1. The molecule has 2 N–H and O–H groups in total. The summed E-state index contributed by atoms with van der Waals surface area (Å²) in [5.74, 6) is 0.701. The summed E-state index contributed by atoms with van der Waals surface area (Å²) in [4.78, 5) is 2.49. The minimum absolute atomic E-state index is 0.650. The summed E-state index contributed by atoms with van der Waals surface area (Å²) in [6.45, 7) is 15.5. The lowest BCUT2D eigenvalue weighted by atomic mass is 9.84. The van der Waals surface area contributed by atoms with Crippen molar-refractivity contribution in [1.29, 1.82) is 0 Å². The van der Waals surface area contributed by atoms with Crippen LogP contribution in [0.4, 0.5) is 0 Å². The van der Waals surface area contributed by atoms with Gasteiger partial charge in [-0.3, -0.25) is 0 Å². The first kappa shape index (κ1) is 35.4. The van der Waals surface area contributed by atoms with Gasteiger partial charge in [0.1, 0.15) is 0 Å². The SMILES string of the molecule is C1=CCC(Cc2ccccc2)C=C1.CC.CCCCNCCCCCN1CCC(O)(/C(C)=C/C=C(\C)Cl)CC1. The Morgan fingerprint density at radius 3 is 2.31 bits per heavy atom. The van der Waals surface area contributed by atoms with Crippen LogP contribution in [0.2, 0.25) is 0 Å². The van der Waals surface area contributed by atoms with Gasteiger partial charge in [-0.2, -0.15) is 0 Å². The second-order valence-electron chi connectivity index (χ2n) is 10.6. The molecule has 0 radical (unpaired) electrons. The van der Waals surface area contributed by atoms with Gasteiger partial charge in [0.05, 0.1) is 5.60 Å². The third-order valence-corrected chi connectivity index (χ3v) is 7.55. The number of hydrogen-bond acceptors (Lipinski definition) is 3. The van der Waals surface area contributed by atoms with E-state index in [2.05, 4.69) is 71.8 Å². The van der Waals surface area contributed by atoms with Gasteiger partial charge in [0.25, 0.3) is 0 Å². The molecule has 1 saturated heterocycles. The number of benzene rings is 1. The highest BCUT2D eigenvalue weighted by Crippen LogP contribution is 2.29. The molecular formula is C35H57ClN2O. The van der Waals surface area contributed by atoms with Crippen LogP contribution in [0.15, 0.2) is 77.4 Å². The number of aliphatic hydroxyl groups is 1. The lowest BCUT2D eigenvalue weighted by Crippen LogP contribution is -2.45. The minimum Gasteiger partial charge on any atom is -0.385 e. The van der Waals surface area contributed by atoms with E-state index in [0.717, 1.165) is 56.2 Å². The molecule has 1 aromatic rings. The molecule has 1 aliphatic heterocycles. The molecule has 3 nitrogen and oxygen atoms in total. The van der Waals surface area contributed by atoms with Crippen LogP contribution in [-0.4, -0.2) is 48.3 Å². The smallest absolute Gasteiger partial charge is 0.0881 e. The second-order valence-corrected chi connectivity index (χ2v) is 11.2. The van der Waals surface area contributed by atoms with Crippen molar-refractivity contribution in [3.05, 3.63) is 83.0 Å². The fourth-order valence-electron chi connectivity index (χ4n) is 4.82. The summed E-state index contributed by atoms with van der Waals surface area (Å²) in [6, 6.07) is 10.7. The van der Waals surface area contributed by atoms with Crippen LogP contribution in [0.25, 0.3) is 0 Å². The Bertz CT molecular complexity index is 847. The van der Waals surface area contributed by atoms with Crippen LogP contribution in [0, 0.1) is 5.92 Å². The Morgan fingerprint density at radius 2 is 1.69 bits per heavy atom. The van der Waals surface area contributed by atoms with Crippen molar-refractivity contribution in [2.75, 3.05) is 32.7 Å². The van der Waals surface area contributed by atoms with Crippen molar-refractivity contribution in [1.82, 2.24) is 10.2 Å². The van der Waals surface area contributed by atoms with Crippen LogP contribution in [0.1, 0.15) is 91.5 Å². The predicted octanol–water partition coefficient (Wildman–Crippen LogP) is 8.85. The molecule has 1 heterocycles. The second kappa shape index (κ2) is 22.1. The first-order valence-corrected chi connectivity index (χ1v) is 15.8. The molecule has 3 rings (SSSR count). The molecule has 1 aromatic carbocycles. The third-order valence-electron chi connectivity index (χ3n) is 7.43. The maximum absolute atomic E-state index is 10.8. The average Bonchev–Trinajstić information content (AvgIpc) is 2.96. The van der Waals surface area contributed by atoms with E-state index in [4.69, 9.17) is 11.6 Å². The fourth-order valence-corrected chi connectivity index (χ4v) is 4.89. The fraction of sp³-hybridized carbons (Fsp3) is 0.600. The summed E-state index contributed by atoms with van der Waals surface area (Å²) in [5.41, 5.74) is 1.82. The first-order chi connectivity index (χ1) is 18.9. The number of unbranched alkanes of at least 4 members (excludes halogenated alkanes) is 3. The molecule has 4 heteroatoms. The van der Waals surface area contributed by atoms with Crippen LogP contribution in [-0.2, 0) is 6.42 Å². The number of hydrogen-bond donors (Lipinski definition) is 2. The number of rotatable bonds is 13. The highest BCUT2D eigenvalue weighted by atomic mass is 35.5. The molecule has 0 spiro atoms. The molecule has 1 atom stereocenters. The molecule has 0 saturated carbocycles. The van der Waals surface area contributed by atoms with Gasteiger partial charge in [-0.25, -0.2) is 0 Å². The molecule has 1 unspecified atom stereocenters. The highest BCUT2D eigenvalue weighted by molar-refractivity contribution is 6.29. The van der Waals surface area contributed by atoms with Gasteiger partial charge in [0.2, 0.25) is 0 Å². The number of nitrogens with zero attached hydrogens (tertiary/aromatic N) is 1. The maximum atomic E-state index is 10.8. The quantitative estimate of drug-likeness (QED) is 0.188. The number of allylic oxidation sites excluding steroid dienone is 7. The lowest BCUT2D eigenvalue weighted by Gasteiger charge is -2.39. The molecule has 220 valence electrons. The molecule has 0 bridgehead atoms. The largest absolute Gasteiger partial charge is 0.385 e. The normalized spacial score (nSPS) is 19.1. The van der Waals surface area contributed by atoms with Crippen molar-refractivity contribution >= 4 is 11.6 Å². The summed E-state index contributed by atoms with van der Waals surface area (Å²) < 4.78 is 0. The summed E-state index contributed by atoms with van der Waals surface area (Å²) in [7, 11) is 0. The van der Waals surface area contributed by atoms with Crippen molar-refractivity contribution in [3.63, 3.8) is 0 Å². The van der Waals surface area contributed by atoms with Gasteiger partial charge < -0.3 is 15.3 Å². The molecule has 1 fully saturated rings. The van der Waals surface area contributed by atoms with Gasteiger partial charge in [0, 0.05) is 18.1 Å². The van der Waals surface area contributed by atoms with Gasteiger partial charge >= 0.3 is 0 Å². The molecule has 1 aliphatic carbocycles. The Balaban J connectivity index is 0.000000422. The van der Waals surface area contributed by atoms with E-state index in [-0.39, 0.29) is 0 Å². The maximum Gasteiger partial charge on any atom is 0.0881 e. The van der Waals surface area contributed by atoms with Gasteiger partial charge in [-0.15, -0.1) is 0 Å². The van der Waals surface area contributed by atoms with E-state index >= 15 is 0 Å². The van der Waals surface area contributed by atoms with E-state index in [9.17, 15) is 5.11 Å². The summed E-state index contributed by atoms with van der Waals surface area (Å²) >= 11 is 5.87. The standard InChI is InChI=1S/C20H37ClN2O.C13H14.C2H6/c1-4-5-13-22-14-7-6-8-15-23-16-11-20(24,12-17-23)18(2)9-10-19(3)21;1-3-7-12(8-4-1)11-13-9-5-2-6-10-13;1-2/h9-10,22,24H,4-8,11-17H2,1-3H3;1-9,13H,10-11H2;1-2H3/b18-9+,19-10+;;. The number of likely N-dealkylation sites (tertiary alicyclic amines) is 1. The van der Waals surface area contributed by atoms with Crippen molar-refractivity contribution in [3.8, 4) is 0 Å². The first-order valence-electron chi connectivity index (χ1n) is 15.5. The van der Waals surface area contributed by atoms with Gasteiger partial charge in [-0.05, 0) is 102 Å². The predicted molar refractivity (Wildman–Crippen MR) is 174 cm³/mol. The number of piperidine rings is 1. The van der Waals surface area contributed by atoms with Gasteiger partial charge in [0.15, 0.2) is 0 Å². The van der Waals surface area contributed by atoms with Crippen molar-refractivity contribution < 1.29 is 5.11 Å². The monoisotopic (exact) mass is 556 g/mol. The lowest BCUT2D eigenvalue weighted by molar-refractivity contribution is 0.00915. The minimum atomic E-state index is -0.650. The number of halogens is 1. The van der Waals surface area contributed by atoms with Crippen molar-refractivity contribution in [2.45, 2.75) is 98.0 Å². The molecule has 39 heavy (non-hydrogen) atoms. The van der Waals surface area contributed by atoms with E-state index in [1.165, 1.54) is 50.5 Å². The molecular weight excluding hydrogens is 500 g/mol. The molecule has 2 aliphatic rings. The Hall–Kier alpha value is -1.65. The summed E-state index contributed by atoms with van der Waals surface area (Å²) in [5, 5.41) is 15.1. The third kappa shape index (κ3) is 16.3. The van der Waals surface area contributed by atoms with E-state index in [0.29, 0.717) is 5.92 Å². The van der Waals surface area contributed by atoms with E-state index in [1.54, 1.807) is 0 Å². The average molecular weight is 557 g/mol. The zero-order valence-corrected chi connectivity index (χ0v) is 26.4. The van der Waals surface area contributed by atoms with E-state index < -0.39 is 5.60 Å². The van der Waals surface area contributed by atoms with Gasteiger partial charge in [-0.1, -0.05) is 106 Å². The Labute approximate surface area is 246 Å². The van der Waals surface area contributed by atoms with Crippen LogP contribution < -0.4 is 5.32 Å². The van der Waals surface area contributed by atoms with E-state index in [1.807, 2.05) is 39.8 Å². The van der Waals surface area contributed by atoms with Crippen molar-refractivity contribution in [2.24, 2.45) is 5.92 Å². The Kier molecular flexibility index (Phi) is 20.0. The van der Waals surface area contributed by atoms with Crippen LogP contribution in [0.5, 0.6) is 0 Å². The molecule has 0 aromatic heterocycles. The Morgan fingerprint density at radius 1 is 1.00 bits per heavy atom. The topological polar surface area (TPSA) is 35.5 Å². The zero-order chi connectivity index (χ0) is 28.8.